The van der Waals surface area contributed by atoms with Gasteiger partial charge in [0.2, 0.25) is 0 Å². The van der Waals surface area contributed by atoms with Crippen molar-refractivity contribution >= 4 is 76.2 Å². The van der Waals surface area contributed by atoms with Gasteiger partial charge in [-0.1, -0.05) is 115 Å². The first-order valence-corrected chi connectivity index (χ1v) is 20.4. The molecule has 12 aromatic rings. The molecule has 1 aliphatic rings. The van der Waals surface area contributed by atoms with Gasteiger partial charge in [-0.25, -0.2) is 0 Å². The monoisotopic (exact) mass is 753 g/mol. The third-order valence-corrected chi connectivity index (χ3v) is 12.9. The average Bonchev–Trinajstić information content (AvgIpc) is 3.83. The highest BCUT2D eigenvalue weighted by molar-refractivity contribution is 6.26. The van der Waals surface area contributed by atoms with Crippen molar-refractivity contribution in [1.82, 2.24) is 13.7 Å². The molecule has 0 bridgehead atoms. The van der Waals surface area contributed by atoms with E-state index in [0.29, 0.717) is 10.8 Å². The van der Waals surface area contributed by atoms with Gasteiger partial charge in [0.05, 0.1) is 33.1 Å². The van der Waals surface area contributed by atoms with E-state index in [4.69, 9.17) is 0 Å². The molecule has 0 amide bonds. The Balaban J connectivity index is 1.15. The highest BCUT2D eigenvalue weighted by atomic mass is 16.1. The van der Waals surface area contributed by atoms with E-state index in [0.717, 1.165) is 40.9 Å². The van der Waals surface area contributed by atoms with Gasteiger partial charge in [0, 0.05) is 49.4 Å². The van der Waals surface area contributed by atoms with E-state index >= 15 is 0 Å². The molecule has 3 heterocycles. The van der Waals surface area contributed by atoms with Crippen molar-refractivity contribution in [3.63, 3.8) is 0 Å². The average molecular weight is 754 g/mol. The Morgan fingerprint density at radius 1 is 0.339 bits per heavy atom. The van der Waals surface area contributed by atoms with Gasteiger partial charge in [0.15, 0.2) is 5.43 Å². The summed E-state index contributed by atoms with van der Waals surface area (Å²) in [5.41, 5.74) is 15.6. The second-order valence-corrected chi connectivity index (χ2v) is 16.0. The summed E-state index contributed by atoms with van der Waals surface area (Å²) in [5.74, 6) is 0. The van der Waals surface area contributed by atoms with Crippen LogP contribution in [0.25, 0.3) is 93.3 Å². The van der Waals surface area contributed by atoms with Crippen LogP contribution in [0.4, 0.5) is 0 Å². The van der Waals surface area contributed by atoms with Crippen LogP contribution in [0.1, 0.15) is 22.3 Å². The van der Waals surface area contributed by atoms with Gasteiger partial charge in [-0.3, -0.25) is 4.79 Å². The Hall–Kier alpha value is -7.69. The molecule has 13 rings (SSSR count). The lowest BCUT2D eigenvalue weighted by Gasteiger charge is -2.24. The molecule has 0 N–H and O–H groups in total. The topological polar surface area (TPSA) is 31.9 Å². The van der Waals surface area contributed by atoms with Crippen LogP contribution in [-0.4, -0.2) is 13.7 Å². The Labute approximate surface area is 339 Å². The number of hydrogen-bond acceptors (Lipinski definition) is 1. The fraction of sp³-hybridized carbons (Fsp3) is 0.0364. The van der Waals surface area contributed by atoms with E-state index in [1.165, 1.54) is 76.6 Å². The minimum Gasteiger partial charge on any atom is -0.309 e. The van der Waals surface area contributed by atoms with Crippen molar-refractivity contribution in [2.45, 2.75) is 12.8 Å². The molecule has 0 unspecified atom stereocenters. The van der Waals surface area contributed by atoms with Crippen molar-refractivity contribution < 1.29 is 0 Å². The van der Waals surface area contributed by atoms with Gasteiger partial charge in [-0.15, -0.1) is 0 Å². The van der Waals surface area contributed by atoms with Gasteiger partial charge in [-0.2, -0.15) is 0 Å². The fourth-order valence-electron chi connectivity index (χ4n) is 10.4. The molecule has 9 aromatic carbocycles. The molecular weight excluding hydrogens is 719 g/mol. The second-order valence-electron chi connectivity index (χ2n) is 16.0. The third-order valence-electron chi connectivity index (χ3n) is 12.9. The number of benzene rings is 9. The first kappa shape index (κ1) is 32.4. The predicted molar refractivity (Wildman–Crippen MR) is 245 cm³/mol. The summed E-state index contributed by atoms with van der Waals surface area (Å²) in [6.45, 7) is 0. The maximum atomic E-state index is 13.6. The van der Waals surface area contributed by atoms with E-state index in [2.05, 4.69) is 153 Å². The van der Waals surface area contributed by atoms with Gasteiger partial charge in [0.1, 0.15) is 0 Å². The molecule has 4 nitrogen and oxygen atoms in total. The number of para-hydroxylation sites is 5. The SMILES string of the molecule is O=c1c2ccccc2n(-c2ccc(-n3c4ccccc4c4c5c(c6c7ccccc7n(-c7ccccc7)c6c43)Cc3cc4ccccc4cc3C5)cc2)c2ccccc12. The fourth-order valence-corrected chi connectivity index (χ4v) is 10.4. The predicted octanol–water partition coefficient (Wildman–Crippen LogP) is 13.0. The van der Waals surface area contributed by atoms with Crippen LogP contribution in [0.2, 0.25) is 0 Å². The highest BCUT2D eigenvalue weighted by Gasteiger charge is 2.30. The van der Waals surface area contributed by atoms with Crippen molar-refractivity contribution in [3.8, 4) is 17.1 Å². The van der Waals surface area contributed by atoms with Crippen molar-refractivity contribution in [2.75, 3.05) is 0 Å². The minimum atomic E-state index is 0.0614. The molecule has 0 fully saturated rings. The molecule has 276 valence electrons. The summed E-state index contributed by atoms with van der Waals surface area (Å²) >= 11 is 0. The Morgan fingerprint density at radius 2 is 0.695 bits per heavy atom. The van der Waals surface area contributed by atoms with Crippen LogP contribution in [-0.2, 0) is 12.8 Å². The molecule has 1 aliphatic carbocycles. The summed E-state index contributed by atoms with van der Waals surface area (Å²) in [4.78, 5) is 13.6. The molecule has 0 saturated heterocycles. The van der Waals surface area contributed by atoms with Crippen molar-refractivity contribution in [1.29, 1.82) is 0 Å². The number of aromatic nitrogens is 3. The molecule has 0 aliphatic heterocycles. The zero-order chi connectivity index (χ0) is 38.8. The summed E-state index contributed by atoms with van der Waals surface area (Å²) < 4.78 is 7.24. The summed E-state index contributed by atoms with van der Waals surface area (Å²) in [5, 5.41) is 9.21. The summed E-state index contributed by atoms with van der Waals surface area (Å²) in [6.07, 6.45) is 1.74. The van der Waals surface area contributed by atoms with E-state index < -0.39 is 0 Å². The smallest absolute Gasteiger partial charge is 0.197 e. The van der Waals surface area contributed by atoms with E-state index in [9.17, 15) is 4.79 Å². The molecular formula is C55H35N3O. The standard InChI is InChI=1S/C55H35N3O/c59-55-43-20-8-12-24-49(43)56(50-25-13-9-21-44(50)55)39-26-28-40(29-27-39)58-48-23-11-7-19-42(48)52-46-33-37-31-35-15-5-4-14-34(35)30-36(37)32-45(46)51-41-18-6-10-22-47(41)57(53(51)54(52)58)38-16-2-1-3-17-38/h1-31H,32-33H2. The molecule has 3 aromatic heterocycles. The quantitative estimate of drug-likeness (QED) is 0.165. The van der Waals surface area contributed by atoms with Crippen LogP contribution < -0.4 is 5.43 Å². The van der Waals surface area contributed by atoms with Gasteiger partial charge in [-0.05, 0) is 119 Å². The first-order valence-electron chi connectivity index (χ1n) is 20.4. The van der Waals surface area contributed by atoms with Gasteiger partial charge >= 0.3 is 0 Å². The molecule has 0 atom stereocenters. The highest BCUT2D eigenvalue weighted by Crippen LogP contribution is 2.48. The van der Waals surface area contributed by atoms with Crippen LogP contribution in [0, 0.1) is 0 Å². The first-order chi connectivity index (χ1) is 29.2. The number of hydrogen-bond donors (Lipinski definition) is 0. The lowest BCUT2D eigenvalue weighted by molar-refractivity contribution is 1.03. The number of fused-ring (bicyclic) bond motifs is 14. The van der Waals surface area contributed by atoms with E-state index in [1.54, 1.807) is 0 Å². The maximum Gasteiger partial charge on any atom is 0.197 e. The van der Waals surface area contributed by atoms with Crippen molar-refractivity contribution in [3.05, 3.63) is 221 Å². The molecule has 0 saturated carbocycles. The lowest BCUT2D eigenvalue weighted by Crippen LogP contribution is -2.10. The Bertz CT molecular complexity index is 3730. The molecule has 0 radical (unpaired) electrons. The lowest BCUT2D eigenvalue weighted by atomic mass is 9.80. The van der Waals surface area contributed by atoms with E-state index in [1.807, 2.05) is 48.5 Å². The molecule has 4 heteroatoms. The normalized spacial score (nSPS) is 12.7. The molecule has 59 heavy (non-hydrogen) atoms. The maximum absolute atomic E-state index is 13.6. The van der Waals surface area contributed by atoms with Gasteiger partial charge in [0.25, 0.3) is 0 Å². The number of pyridine rings is 1. The second kappa shape index (κ2) is 12.2. The molecule has 0 spiro atoms. The Morgan fingerprint density at radius 3 is 1.17 bits per heavy atom. The number of rotatable bonds is 3. The Kier molecular flexibility index (Phi) is 6.68. The number of nitrogens with zero attached hydrogens (tertiary/aromatic N) is 3. The third kappa shape index (κ3) is 4.51. The minimum absolute atomic E-state index is 0.0614. The zero-order valence-corrected chi connectivity index (χ0v) is 32.1. The van der Waals surface area contributed by atoms with Crippen LogP contribution >= 0.6 is 0 Å². The van der Waals surface area contributed by atoms with E-state index in [-0.39, 0.29) is 5.43 Å². The van der Waals surface area contributed by atoms with Crippen LogP contribution in [0.3, 0.4) is 0 Å². The van der Waals surface area contributed by atoms with Crippen molar-refractivity contribution in [2.24, 2.45) is 0 Å². The van der Waals surface area contributed by atoms with Crippen LogP contribution in [0.15, 0.2) is 193 Å². The summed E-state index contributed by atoms with van der Waals surface area (Å²) in [6, 6.07) is 67.2. The largest absolute Gasteiger partial charge is 0.309 e. The van der Waals surface area contributed by atoms with Crippen LogP contribution in [0.5, 0.6) is 0 Å². The van der Waals surface area contributed by atoms with Gasteiger partial charge < -0.3 is 13.7 Å². The zero-order valence-electron chi connectivity index (χ0n) is 32.1. The summed E-state index contributed by atoms with van der Waals surface area (Å²) in [7, 11) is 0.